The molecule has 40 heavy (non-hydrogen) atoms. The number of unbranched alkanes of at least 4 members (excludes halogenated alkanes) is 2. The first-order valence-electron chi connectivity index (χ1n) is 12.9. The summed E-state index contributed by atoms with van der Waals surface area (Å²) in [6.45, 7) is 0.620. The number of nitrogens with two attached hydrogens (primary N) is 2. The number of urea groups is 1. The Hall–Kier alpha value is -4.42. The van der Waals surface area contributed by atoms with Crippen LogP contribution >= 0.6 is 0 Å². The van der Waals surface area contributed by atoms with Crippen molar-refractivity contribution in [2.75, 3.05) is 18.8 Å². The molecule has 0 bridgehead atoms. The highest BCUT2D eigenvalue weighted by Crippen LogP contribution is 2.32. The van der Waals surface area contributed by atoms with Gasteiger partial charge in [-0.3, -0.25) is 9.69 Å². The van der Waals surface area contributed by atoms with E-state index in [1.54, 1.807) is 18.3 Å². The Morgan fingerprint density at radius 2 is 1.75 bits per heavy atom. The van der Waals surface area contributed by atoms with E-state index in [1.807, 2.05) is 24.3 Å². The second-order valence-corrected chi connectivity index (χ2v) is 11.3. The summed E-state index contributed by atoms with van der Waals surface area (Å²) >= 11 is 0. The molecule has 1 aliphatic rings. The van der Waals surface area contributed by atoms with Gasteiger partial charge in [0.05, 0.1) is 16.8 Å². The fourth-order valence-corrected chi connectivity index (χ4v) is 6.25. The van der Waals surface area contributed by atoms with Crippen molar-refractivity contribution in [1.29, 1.82) is 0 Å². The smallest absolute Gasteiger partial charge is 0.341 e. The second kappa shape index (κ2) is 11.4. The molecule has 0 radical (unpaired) electrons. The summed E-state index contributed by atoms with van der Waals surface area (Å²) in [6, 6.07) is 14.3. The number of fused-ring (bicyclic) bond motifs is 1. The lowest BCUT2D eigenvalue weighted by atomic mass is 10.0. The number of rotatable bonds is 11. The van der Waals surface area contributed by atoms with Gasteiger partial charge in [-0.05, 0) is 61.3 Å². The summed E-state index contributed by atoms with van der Waals surface area (Å²) in [7, 11) is -4.39. The van der Waals surface area contributed by atoms with Crippen molar-refractivity contribution in [3.05, 3.63) is 78.6 Å². The van der Waals surface area contributed by atoms with Gasteiger partial charge in [0.15, 0.2) is 0 Å². The normalized spacial score (nSPS) is 15.8. The van der Waals surface area contributed by atoms with Gasteiger partial charge in [0.25, 0.3) is 15.9 Å². The average molecular weight is 563 g/mol. The van der Waals surface area contributed by atoms with Crippen LogP contribution in [0.2, 0.25) is 0 Å². The quantitative estimate of drug-likeness (QED) is 0.184. The summed E-state index contributed by atoms with van der Waals surface area (Å²) < 4.78 is 34.1. The summed E-state index contributed by atoms with van der Waals surface area (Å²) in [5, 5.41) is 0.860. The first-order chi connectivity index (χ1) is 19.3. The molecule has 1 unspecified atom stereocenters. The Morgan fingerprint density at radius 3 is 2.48 bits per heavy atom. The van der Waals surface area contributed by atoms with Crippen LogP contribution in [0.5, 0.6) is 11.6 Å². The van der Waals surface area contributed by atoms with E-state index in [1.165, 1.54) is 30.5 Å². The number of anilines is 1. The minimum atomic E-state index is -4.39. The predicted octanol–water partition coefficient (Wildman–Crippen LogP) is 3.63. The molecule has 2 aromatic heterocycles. The van der Waals surface area contributed by atoms with Crippen LogP contribution in [-0.4, -0.2) is 58.7 Å². The van der Waals surface area contributed by atoms with E-state index in [2.05, 4.69) is 9.97 Å². The number of aromatic amines is 1. The van der Waals surface area contributed by atoms with Crippen LogP contribution in [-0.2, 0) is 21.2 Å². The van der Waals surface area contributed by atoms with E-state index in [0.717, 1.165) is 38.5 Å². The lowest BCUT2D eigenvalue weighted by Crippen LogP contribution is -2.41. The maximum Gasteiger partial charge on any atom is 0.341 e. The highest BCUT2D eigenvalue weighted by Gasteiger charge is 2.51. The SMILES string of the molecule is NCCCCCN1C(=O)C(Cc2c[nH]c3ccccc23)N(S(=O)(=O)c2ccc(Oc3ccc(N)cn3)cc2)C1=O. The molecule has 1 atom stereocenters. The minimum Gasteiger partial charge on any atom is -0.439 e. The summed E-state index contributed by atoms with van der Waals surface area (Å²) in [5.41, 5.74) is 13.3. The summed E-state index contributed by atoms with van der Waals surface area (Å²) in [5.74, 6) is 0.0899. The first kappa shape index (κ1) is 27.2. The first-order valence-corrected chi connectivity index (χ1v) is 14.4. The molecule has 3 amide bonds. The molecule has 208 valence electrons. The highest BCUT2D eigenvalue weighted by atomic mass is 32.2. The number of hydrogen-bond acceptors (Lipinski definition) is 8. The molecular formula is C28H30N6O5S. The molecule has 0 saturated carbocycles. The number of sulfonamides is 1. The monoisotopic (exact) mass is 562 g/mol. The molecule has 1 fully saturated rings. The number of imide groups is 1. The number of nitrogen functional groups attached to an aromatic ring is 1. The molecule has 1 aliphatic heterocycles. The number of carbonyl (C=O) groups is 2. The second-order valence-electron chi connectivity index (χ2n) is 9.51. The standard InChI is InChI=1S/C28H30N6O5S/c29-14-4-1-5-15-33-27(35)25(16-19-17-31-24-7-3-2-6-23(19)24)34(28(33)36)40(37,38)22-11-9-21(10-12-22)39-26-13-8-20(30)18-32-26/h2-3,6-13,17-18,25,31H,1,4-5,14-16,29-30H2. The van der Waals surface area contributed by atoms with E-state index in [0.29, 0.717) is 24.4 Å². The Morgan fingerprint density at radius 1 is 0.975 bits per heavy atom. The zero-order valence-electron chi connectivity index (χ0n) is 21.7. The van der Waals surface area contributed by atoms with E-state index in [-0.39, 0.29) is 23.7 Å². The third-order valence-corrected chi connectivity index (χ3v) is 8.59. The van der Waals surface area contributed by atoms with E-state index in [4.69, 9.17) is 16.2 Å². The third kappa shape index (κ3) is 5.36. The molecular weight excluding hydrogens is 532 g/mol. The zero-order chi connectivity index (χ0) is 28.3. The van der Waals surface area contributed by atoms with Crippen LogP contribution in [0.25, 0.3) is 10.9 Å². The summed E-state index contributed by atoms with van der Waals surface area (Å²) in [6.07, 6.45) is 5.23. The fraction of sp³-hybridized carbons (Fsp3) is 0.250. The number of amides is 3. The Kier molecular flexibility index (Phi) is 7.71. The molecule has 0 aliphatic carbocycles. The molecule has 1 saturated heterocycles. The summed E-state index contributed by atoms with van der Waals surface area (Å²) in [4.78, 5) is 35.2. The maximum atomic E-state index is 13.9. The third-order valence-electron chi connectivity index (χ3n) is 6.79. The van der Waals surface area contributed by atoms with Crippen LogP contribution in [0.1, 0.15) is 24.8 Å². The molecule has 11 nitrogen and oxygen atoms in total. The van der Waals surface area contributed by atoms with Gasteiger partial charge in [-0.25, -0.2) is 22.5 Å². The molecule has 4 aromatic rings. The van der Waals surface area contributed by atoms with Gasteiger partial charge in [-0.2, -0.15) is 0 Å². The molecule has 0 spiro atoms. The highest BCUT2D eigenvalue weighted by molar-refractivity contribution is 7.89. The number of nitrogens with one attached hydrogen (secondary N) is 1. The molecule has 12 heteroatoms. The van der Waals surface area contributed by atoms with Crippen molar-refractivity contribution in [2.45, 2.75) is 36.6 Å². The number of H-pyrrole nitrogens is 1. The van der Waals surface area contributed by atoms with Crippen molar-refractivity contribution < 1.29 is 22.7 Å². The van der Waals surface area contributed by atoms with Crippen LogP contribution < -0.4 is 16.2 Å². The Balaban J connectivity index is 1.44. The van der Waals surface area contributed by atoms with Crippen molar-refractivity contribution in [3.8, 4) is 11.6 Å². The van der Waals surface area contributed by atoms with Crippen molar-refractivity contribution in [2.24, 2.45) is 5.73 Å². The van der Waals surface area contributed by atoms with E-state index in [9.17, 15) is 18.0 Å². The van der Waals surface area contributed by atoms with Gasteiger partial charge in [-0.15, -0.1) is 0 Å². The molecule has 5 N–H and O–H groups in total. The number of benzene rings is 2. The maximum absolute atomic E-state index is 13.9. The lowest BCUT2D eigenvalue weighted by Gasteiger charge is -2.21. The van der Waals surface area contributed by atoms with Gasteiger partial charge in [0.1, 0.15) is 11.8 Å². The Bertz CT molecular complexity index is 1620. The topological polar surface area (TPSA) is 165 Å². The minimum absolute atomic E-state index is 0.0388. The van der Waals surface area contributed by atoms with Gasteiger partial charge < -0.3 is 21.2 Å². The number of carbonyl (C=O) groups excluding carboxylic acids is 2. The predicted molar refractivity (Wildman–Crippen MR) is 150 cm³/mol. The molecule has 3 heterocycles. The zero-order valence-corrected chi connectivity index (χ0v) is 22.5. The fourth-order valence-electron chi connectivity index (χ4n) is 4.74. The van der Waals surface area contributed by atoms with E-state index >= 15 is 0 Å². The Labute approximate surface area is 231 Å². The van der Waals surface area contributed by atoms with Gasteiger partial charge >= 0.3 is 6.03 Å². The van der Waals surface area contributed by atoms with Gasteiger partial charge in [0, 0.05) is 36.1 Å². The largest absolute Gasteiger partial charge is 0.439 e. The van der Waals surface area contributed by atoms with Crippen molar-refractivity contribution in [3.63, 3.8) is 0 Å². The van der Waals surface area contributed by atoms with Crippen molar-refractivity contribution in [1.82, 2.24) is 19.2 Å². The van der Waals surface area contributed by atoms with E-state index < -0.39 is 28.0 Å². The number of nitrogens with zero attached hydrogens (tertiary/aromatic N) is 3. The van der Waals surface area contributed by atoms with Gasteiger partial charge in [-0.1, -0.05) is 24.6 Å². The van der Waals surface area contributed by atoms with Crippen LogP contribution in [0.4, 0.5) is 10.5 Å². The van der Waals surface area contributed by atoms with Crippen LogP contribution in [0.15, 0.2) is 78.0 Å². The molecule has 5 rings (SSSR count). The van der Waals surface area contributed by atoms with Crippen LogP contribution in [0, 0.1) is 0 Å². The molecule has 2 aromatic carbocycles. The number of pyridine rings is 1. The number of para-hydroxylation sites is 1. The lowest BCUT2D eigenvalue weighted by molar-refractivity contribution is -0.127. The number of ether oxygens (including phenoxy) is 1. The van der Waals surface area contributed by atoms with Gasteiger partial charge in [0.2, 0.25) is 5.88 Å². The van der Waals surface area contributed by atoms with Crippen LogP contribution in [0.3, 0.4) is 0 Å². The average Bonchev–Trinajstić information content (AvgIpc) is 3.46. The number of aromatic nitrogens is 2. The van der Waals surface area contributed by atoms with Crippen molar-refractivity contribution >= 4 is 38.6 Å². The number of hydrogen-bond donors (Lipinski definition) is 3.